The van der Waals surface area contributed by atoms with Crippen molar-refractivity contribution in [3.63, 3.8) is 0 Å². The van der Waals surface area contributed by atoms with Crippen molar-refractivity contribution in [2.75, 3.05) is 18.1 Å². The molecule has 0 fully saturated rings. The Hall–Kier alpha value is -2.27. The molecule has 3 rings (SSSR count). The summed E-state index contributed by atoms with van der Waals surface area (Å²) in [7, 11) is 1.57. The van der Waals surface area contributed by atoms with Crippen LogP contribution in [0.3, 0.4) is 0 Å². The van der Waals surface area contributed by atoms with Crippen molar-refractivity contribution in [2.45, 2.75) is 24.2 Å². The summed E-state index contributed by atoms with van der Waals surface area (Å²) in [4.78, 5) is 25.2. The Kier molecular flexibility index (Phi) is 5.20. The Morgan fingerprint density at radius 2 is 1.88 bits per heavy atom. The highest BCUT2D eigenvalue weighted by Gasteiger charge is 2.13. The third-order valence-corrected chi connectivity index (χ3v) is 5.11. The van der Waals surface area contributed by atoms with Gasteiger partial charge in [0.05, 0.1) is 17.0 Å². The number of para-hydroxylation sites is 1. The number of nitrogens with one attached hydrogen (secondary N) is 2. The molecular formula is C19H20N2O2S. The molecule has 1 aliphatic rings. The molecule has 2 N–H and O–H groups in total. The zero-order valence-electron chi connectivity index (χ0n) is 13.6. The number of benzene rings is 2. The molecule has 0 atom stereocenters. The van der Waals surface area contributed by atoms with E-state index >= 15 is 0 Å². The first kappa shape index (κ1) is 16.6. The van der Waals surface area contributed by atoms with Crippen LogP contribution in [0.4, 0.5) is 5.69 Å². The quantitative estimate of drug-likeness (QED) is 0.822. The van der Waals surface area contributed by atoms with Crippen molar-refractivity contribution in [2.24, 2.45) is 0 Å². The number of anilines is 1. The number of fused-ring (bicyclic) bond motifs is 1. The van der Waals surface area contributed by atoms with E-state index in [4.69, 9.17) is 0 Å². The molecule has 2 aromatic rings. The summed E-state index contributed by atoms with van der Waals surface area (Å²) in [5.74, 6) is -0.00467. The zero-order valence-corrected chi connectivity index (χ0v) is 14.4. The summed E-state index contributed by atoms with van der Waals surface area (Å²) in [6, 6.07) is 13.5. The van der Waals surface area contributed by atoms with E-state index in [1.54, 1.807) is 31.3 Å². The topological polar surface area (TPSA) is 58.2 Å². The highest BCUT2D eigenvalue weighted by Crippen LogP contribution is 2.27. The normalized spacial score (nSPS) is 12.5. The largest absolute Gasteiger partial charge is 0.355 e. The van der Waals surface area contributed by atoms with Crippen LogP contribution in [0.15, 0.2) is 47.4 Å². The molecule has 0 aromatic heterocycles. The number of thioether (sulfide) groups is 1. The van der Waals surface area contributed by atoms with Gasteiger partial charge in [0.25, 0.3) is 5.91 Å². The highest BCUT2D eigenvalue weighted by molar-refractivity contribution is 8.00. The minimum Gasteiger partial charge on any atom is -0.355 e. The van der Waals surface area contributed by atoms with Crippen LogP contribution in [-0.4, -0.2) is 24.6 Å². The van der Waals surface area contributed by atoms with E-state index in [0.717, 1.165) is 17.7 Å². The fourth-order valence-electron chi connectivity index (χ4n) is 2.90. The molecule has 24 heavy (non-hydrogen) atoms. The van der Waals surface area contributed by atoms with Crippen molar-refractivity contribution in [3.8, 4) is 0 Å². The standard InChI is InChI=1S/C19H20N2O2S/c1-20-19(23)16-7-2-3-8-17(16)21-18(22)12-24-15-10-9-13-5-4-6-14(13)11-15/h2-3,7-11H,4-6,12H2,1H3,(H,20,23)(H,21,22). The number of hydrogen-bond donors (Lipinski definition) is 2. The lowest BCUT2D eigenvalue weighted by atomic mass is 10.1. The van der Waals surface area contributed by atoms with Gasteiger partial charge < -0.3 is 10.6 Å². The number of amides is 2. The average Bonchev–Trinajstić information content (AvgIpc) is 3.07. The van der Waals surface area contributed by atoms with Crippen LogP contribution in [0.2, 0.25) is 0 Å². The van der Waals surface area contributed by atoms with E-state index in [1.807, 2.05) is 0 Å². The predicted molar refractivity (Wildman–Crippen MR) is 97.7 cm³/mol. The molecule has 2 amide bonds. The fraction of sp³-hybridized carbons (Fsp3) is 0.263. The Bertz CT molecular complexity index is 774. The van der Waals surface area contributed by atoms with E-state index < -0.39 is 0 Å². The van der Waals surface area contributed by atoms with Crippen LogP contribution in [0, 0.1) is 0 Å². The van der Waals surface area contributed by atoms with Crippen LogP contribution in [-0.2, 0) is 17.6 Å². The fourth-order valence-corrected chi connectivity index (χ4v) is 3.66. The molecule has 4 nitrogen and oxygen atoms in total. The van der Waals surface area contributed by atoms with Gasteiger partial charge in [-0.05, 0) is 54.7 Å². The Morgan fingerprint density at radius 1 is 1.08 bits per heavy atom. The second-order valence-electron chi connectivity index (χ2n) is 5.75. The maximum absolute atomic E-state index is 12.2. The lowest BCUT2D eigenvalue weighted by Crippen LogP contribution is -2.22. The maximum atomic E-state index is 12.2. The number of rotatable bonds is 5. The summed E-state index contributed by atoms with van der Waals surface area (Å²) < 4.78 is 0. The van der Waals surface area contributed by atoms with Crippen molar-refractivity contribution >= 4 is 29.3 Å². The number of carbonyl (C=O) groups is 2. The second-order valence-corrected chi connectivity index (χ2v) is 6.79. The van der Waals surface area contributed by atoms with Gasteiger partial charge in [-0.25, -0.2) is 0 Å². The van der Waals surface area contributed by atoms with E-state index in [2.05, 4.69) is 28.8 Å². The highest BCUT2D eigenvalue weighted by atomic mass is 32.2. The predicted octanol–water partition coefficient (Wildman–Crippen LogP) is 3.27. The lowest BCUT2D eigenvalue weighted by Gasteiger charge is -2.10. The Morgan fingerprint density at radius 3 is 2.71 bits per heavy atom. The van der Waals surface area contributed by atoms with E-state index in [0.29, 0.717) is 17.0 Å². The van der Waals surface area contributed by atoms with Gasteiger partial charge in [-0.3, -0.25) is 9.59 Å². The molecule has 0 bridgehead atoms. The Labute approximate surface area is 146 Å². The SMILES string of the molecule is CNC(=O)c1ccccc1NC(=O)CSc1ccc2c(c1)CCC2. The molecule has 0 saturated carbocycles. The van der Waals surface area contributed by atoms with Gasteiger partial charge in [0, 0.05) is 11.9 Å². The van der Waals surface area contributed by atoms with Crippen LogP contribution in [0.25, 0.3) is 0 Å². The van der Waals surface area contributed by atoms with Crippen molar-refractivity contribution in [3.05, 3.63) is 59.2 Å². The number of aryl methyl sites for hydroxylation is 2. The number of hydrogen-bond acceptors (Lipinski definition) is 3. The van der Waals surface area contributed by atoms with Crippen molar-refractivity contribution in [1.82, 2.24) is 5.32 Å². The molecule has 124 valence electrons. The molecule has 0 aliphatic heterocycles. The van der Waals surface area contributed by atoms with Gasteiger partial charge in [0.2, 0.25) is 5.91 Å². The summed E-state index contributed by atoms with van der Waals surface area (Å²) in [5.41, 5.74) is 3.85. The van der Waals surface area contributed by atoms with Crippen molar-refractivity contribution in [1.29, 1.82) is 0 Å². The summed E-state index contributed by atoms with van der Waals surface area (Å²) >= 11 is 1.52. The molecule has 1 aliphatic carbocycles. The van der Waals surface area contributed by atoms with Gasteiger partial charge in [-0.1, -0.05) is 18.2 Å². The smallest absolute Gasteiger partial charge is 0.253 e. The van der Waals surface area contributed by atoms with Gasteiger partial charge in [0.1, 0.15) is 0 Å². The minimum absolute atomic E-state index is 0.114. The summed E-state index contributed by atoms with van der Waals surface area (Å²) in [6.07, 6.45) is 3.52. The van der Waals surface area contributed by atoms with Crippen LogP contribution < -0.4 is 10.6 Å². The first-order valence-corrected chi connectivity index (χ1v) is 9.01. The molecule has 0 saturated heterocycles. The third-order valence-electron chi connectivity index (χ3n) is 4.11. The second kappa shape index (κ2) is 7.53. The maximum Gasteiger partial charge on any atom is 0.253 e. The van der Waals surface area contributed by atoms with E-state index in [-0.39, 0.29) is 11.8 Å². The monoisotopic (exact) mass is 340 g/mol. The molecule has 0 spiro atoms. The first-order chi connectivity index (χ1) is 11.7. The molecule has 0 unspecified atom stereocenters. The van der Waals surface area contributed by atoms with Gasteiger partial charge in [-0.2, -0.15) is 0 Å². The lowest BCUT2D eigenvalue weighted by molar-refractivity contribution is -0.113. The molecule has 0 heterocycles. The zero-order chi connectivity index (χ0) is 16.9. The van der Waals surface area contributed by atoms with Gasteiger partial charge >= 0.3 is 0 Å². The van der Waals surface area contributed by atoms with Crippen LogP contribution in [0.1, 0.15) is 27.9 Å². The Balaban J connectivity index is 1.61. The molecule has 5 heteroatoms. The molecule has 0 radical (unpaired) electrons. The van der Waals surface area contributed by atoms with E-state index in [1.165, 1.54) is 29.3 Å². The minimum atomic E-state index is -0.211. The van der Waals surface area contributed by atoms with Gasteiger partial charge in [-0.15, -0.1) is 11.8 Å². The molecular weight excluding hydrogens is 320 g/mol. The van der Waals surface area contributed by atoms with Crippen LogP contribution >= 0.6 is 11.8 Å². The van der Waals surface area contributed by atoms with Crippen molar-refractivity contribution < 1.29 is 9.59 Å². The summed E-state index contributed by atoms with van der Waals surface area (Å²) in [6.45, 7) is 0. The third kappa shape index (κ3) is 3.79. The average molecular weight is 340 g/mol. The molecule has 2 aromatic carbocycles. The first-order valence-electron chi connectivity index (χ1n) is 8.03. The summed E-state index contributed by atoms with van der Waals surface area (Å²) in [5, 5.41) is 5.41. The van der Waals surface area contributed by atoms with Crippen LogP contribution in [0.5, 0.6) is 0 Å². The number of carbonyl (C=O) groups excluding carboxylic acids is 2. The van der Waals surface area contributed by atoms with E-state index in [9.17, 15) is 9.59 Å². The van der Waals surface area contributed by atoms with Gasteiger partial charge in [0.15, 0.2) is 0 Å².